The van der Waals surface area contributed by atoms with Crippen LogP contribution in [0.5, 0.6) is 0 Å². The Balaban J connectivity index is 2.58. The lowest BCUT2D eigenvalue weighted by atomic mass is 10.0. The SMILES string of the molecule is NC(CO)c1ccc(Cl)c(-c2cnc(I)n2C(F)F)c1. The van der Waals surface area contributed by atoms with Crippen LogP contribution in [-0.2, 0) is 0 Å². The van der Waals surface area contributed by atoms with E-state index in [9.17, 15) is 8.78 Å². The maximum Gasteiger partial charge on any atom is 0.320 e. The minimum atomic E-state index is -2.72. The molecule has 1 aromatic heterocycles. The molecule has 1 unspecified atom stereocenters. The highest BCUT2D eigenvalue weighted by atomic mass is 127. The van der Waals surface area contributed by atoms with Crippen molar-refractivity contribution < 1.29 is 13.9 Å². The number of aliphatic hydroxyl groups is 1. The average molecular weight is 414 g/mol. The van der Waals surface area contributed by atoms with Gasteiger partial charge in [0.05, 0.1) is 24.5 Å². The highest BCUT2D eigenvalue weighted by Crippen LogP contribution is 2.33. The van der Waals surface area contributed by atoms with Crippen LogP contribution in [0.15, 0.2) is 24.4 Å². The zero-order chi connectivity index (χ0) is 14.9. The van der Waals surface area contributed by atoms with Gasteiger partial charge >= 0.3 is 6.55 Å². The zero-order valence-corrected chi connectivity index (χ0v) is 13.0. The van der Waals surface area contributed by atoms with Gasteiger partial charge in [-0.1, -0.05) is 17.7 Å². The van der Waals surface area contributed by atoms with Crippen LogP contribution in [0.1, 0.15) is 18.2 Å². The van der Waals surface area contributed by atoms with Gasteiger partial charge in [-0.05, 0) is 17.7 Å². The number of hydrogen-bond donors (Lipinski definition) is 2. The van der Waals surface area contributed by atoms with Crippen LogP contribution in [0.2, 0.25) is 5.02 Å². The van der Waals surface area contributed by atoms with Crippen LogP contribution >= 0.6 is 34.2 Å². The molecule has 3 N–H and O–H groups in total. The molecular weight excluding hydrogens is 403 g/mol. The van der Waals surface area contributed by atoms with Gasteiger partial charge in [0.25, 0.3) is 0 Å². The van der Waals surface area contributed by atoms with E-state index in [0.29, 0.717) is 16.1 Å². The Labute approximate surface area is 132 Å². The minimum Gasteiger partial charge on any atom is -0.394 e. The molecule has 0 fully saturated rings. The maximum absolute atomic E-state index is 13.1. The number of nitrogens with two attached hydrogens (primary N) is 1. The molecule has 8 heteroatoms. The summed E-state index contributed by atoms with van der Waals surface area (Å²) in [5, 5.41) is 9.39. The van der Waals surface area contributed by atoms with Crippen molar-refractivity contribution in [3.63, 3.8) is 0 Å². The molecule has 2 aromatic rings. The summed E-state index contributed by atoms with van der Waals surface area (Å²) in [6.45, 7) is -2.96. The van der Waals surface area contributed by atoms with Crippen LogP contribution in [0, 0.1) is 3.83 Å². The van der Waals surface area contributed by atoms with E-state index in [0.717, 1.165) is 4.57 Å². The van der Waals surface area contributed by atoms with Gasteiger partial charge < -0.3 is 10.8 Å². The minimum absolute atomic E-state index is 0.167. The molecule has 20 heavy (non-hydrogen) atoms. The van der Waals surface area contributed by atoms with Crippen LogP contribution < -0.4 is 5.73 Å². The first-order chi connectivity index (χ1) is 9.45. The summed E-state index contributed by atoms with van der Waals surface area (Å²) in [7, 11) is 0. The average Bonchev–Trinajstić information content (AvgIpc) is 2.80. The number of benzene rings is 1. The van der Waals surface area contributed by atoms with Crippen molar-refractivity contribution in [2.45, 2.75) is 12.6 Å². The van der Waals surface area contributed by atoms with Crippen molar-refractivity contribution in [3.8, 4) is 11.3 Å². The third kappa shape index (κ3) is 2.95. The fourth-order valence-corrected chi connectivity index (χ4v) is 2.62. The summed E-state index contributed by atoms with van der Waals surface area (Å²) in [4.78, 5) is 3.88. The lowest BCUT2D eigenvalue weighted by Crippen LogP contribution is -2.14. The number of aromatic nitrogens is 2. The quantitative estimate of drug-likeness (QED) is 0.757. The molecule has 1 atom stereocenters. The van der Waals surface area contributed by atoms with Gasteiger partial charge in [0.2, 0.25) is 0 Å². The van der Waals surface area contributed by atoms with Crippen molar-refractivity contribution in [2.75, 3.05) is 6.61 Å². The van der Waals surface area contributed by atoms with Crippen LogP contribution in [-0.4, -0.2) is 21.3 Å². The second-order valence-electron chi connectivity index (χ2n) is 4.09. The molecule has 1 heterocycles. The Morgan fingerprint density at radius 1 is 1.45 bits per heavy atom. The third-order valence-electron chi connectivity index (χ3n) is 2.84. The monoisotopic (exact) mass is 413 g/mol. The highest BCUT2D eigenvalue weighted by Gasteiger charge is 2.19. The van der Waals surface area contributed by atoms with E-state index in [1.165, 1.54) is 6.20 Å². The van der Waals surface area contributed by atoms with Crippen LogP contribution in [0.3, 0.4) is 0 Å². The normalized spacial score (nSPS) is 12.9. The van der Waals surface area contributed by atoms with Crippen molar-refractivity contribution in [1.82, 2.24) is 9.55 Å². The molecule has 0 aliphatic rings. The molecule has 0 saturated carbocycles. The molecule has 0 spiro atoms. The van der Waals surface area contributed by atoms with E-state index < -0.39 is 12.6 Å². The van der Waals surface area contributed by atoms with Gasteiger partial charge in [-0.15, -0.1) is 0 Å². The van der Waals surface area contributed by atoms with E-state index in [1.807, 2.05) is 0 Å². The maximum atomic E-state index is 13.1. The summed E-state index contributed by atoms with van der Waals surface area (Å²) in [6, 6.07) is 4.22. The number of imidazole rings is 1. The fraction of sp³-hybridized carbons (Fsp3) is 0.250. The van der Waals surface area contributed by atoms with Crippen LogP contribution in [0.4, 0.5) is 8.78 Å². The third-order valence-corrected chi connectivity index (χ3v) is 3.97. The number of halogens is 4. The highest BCUT2D eigenvalue weighted by molar-refractivity contribution is 14.1. The summed E-state index contributed by atoms with van der Waals surface area (Å²) < 4.78 is 27.1. The first-order valence-electron chi connectivity index (χ1n) is 5.62. The largest absolute Gasteiger partial charge is 0.394 e. The second kappa shape index (κ2) is 6.33. The molecule has 0 saturated heterocycles. The molecule has 4 nitrogen and oxygen atoms in total. The van der Waals surface area contributed by atoms with Crippen molar-refractivity contribution in [1.29, 1.82) is 0 Å². The molecular formula is C12H11ClF2IN3O. The van der Waals surface area contributed by atoms with Gasteiger partial charge in [-0.3, -0.25) is 4.57 Å². The van der Waals surface area contributed by atoms with E-state index in [1.54, 1.807) is 40.8 Å². The van der Waals surface area contributed by atoms with Crippen molar-refractivity contribution in [2.24, 2.45) is 5.73 Å². The topological polar surface area (TPSA) is 64.1 Å². The summed E-state index contributed by atoms with van der Waals surface area (Å²) in [6.07, 6.45) is 1.34. The standard InChI is InChI=1S/C12H11ClF2IN3O/c13-8-2-1-6(9(17)5-20)3-7(8)10-4-18-12(16)19(10)11(14)15/h1-4,9,11,20H,5,17H2. The van der Waals surface area contributed by atoms with Crippen molar-refractivity contribution in [3.05, 3.63) is 38.8 Å². The van der Waals surface area contributed by atoms with E-state index in [2.05, 4.69) is 4.98 Å². The molecule has 108 valence electrons. The van der Waals surface area contributed by atoms with Gasteiger partial charge in [-0.25, -0.2) is 4.98 Å². The number of hydrogen-bond acceptors (Lipinski definition) is 3. The number of rotatable bonds is 4. The van der Waals surface area contributed by atoms with Crippen molar-refractivity contribution >= 4 is 34.2 Å². The van der Waals surface area contributed by atoms with E-state index in [-0.39, 0.29) is 16.1 Å². The Kier molecular flexibility index (Phi) is 4.95. The molecule has 0 aliphatic carbocycles. The second-order valence-corrected chi connectivity index (χ2v) is 5.46. The molecule has 0 aliphatic heterocycles. The predicted molar refractivity (Wildman–Crippen MR) is 80.7 cm³/mol. The van der Waals surface area contributed by atoms with Gasteiger partial charge in [0.15, 0.2) is 3.83 Å². The molecule has 0 radical (unpaired) electrons. The van der Waals surface area contributed by atoms with Gasteiger partial charge in [0.1, 0.15) is 0 Å². The zero-order valence-electron chi connectivity index (χ0n) is 10.1. The fourth-order valence-electron chi connectivity index (χ4n) is 1.80. The molecule has 0 bridgehead atoms. The molecule has 2 rings (SSSR count). The molecule has 1 aromatic carbocycles. The Bertz CT molecular complexity index is 621. The first kappa shape index (κ1) is 15.6. The molecule has 0 amide bonds. The van der Waals surface area contributed by atoms with Crippen LogP contribution in [0.25, 0.3) is 11.3 Å². The summed E-state index contributed by atoms with van der Waals surface area (Å²) in [5.41, 5.74) is 6.96. The number of alkyl halides is 2. The van der Waals surface area contributed by atoms with E-state index >= 15 is 0 Å². The number of aliphatic hydroxyl groups excluding tert-OH is 1. The number of nitrogens with zero attached hydrogens (tertiary/aromatic N) is 2. The van der Waals surface area contributed by atoms with Gasteiger partial charge in [-0.2, -0.15) is 8.78 Å². The lowest BCUT2D eigenvalue weighted by molar-refractivity contribution is 0.0691. The first-order valence-corrected chi connectivity index (χ1v) is 7.08. The Hall–Kier alpha value is -0.770. The van der Waals surface area contributed by atoms with Gasteiger partial charge in [0, 0.05) is 33.2 Å². The lowest BCUT2D eigenvalue weighted by Gasteiger charge is -2.13. The predicted octanol–water partition coefficient (Wildman–Crippen LogP) is 3.20. The summed E-state index contributed by atoms with van der Waals surface area (Å²) in [5.74, 6) is 0. The summed E-state index contributed by atoms with van der Waals surface area (Å²) >= 11 is 7.80. The van der Waals surface area contributed by atoms with E-state index in [4.69, 9.17) is 22.4 Å². The smallest absolute Gasteiger partial charge is 0.320 e. The Morgan fingerprint density at radius 2 is 2.15 bits per heavy atom. The Morgan fingerprint density at radius 3 is 2.75 bits per heavy atom.